The summed E-state index contributed by atoms with van der Waals surface area (Å²) in [6.45, 7) is 4.56. The van der Waals surface area contributed by atoms with Gasteiger partial charge in [0.2, 0.25) is 0 Å². The van der Waals surface area contributed by atoms with Crippen LogP contribution in [0.5, 0.6) is 0 Å². The van der Waals surface area contributed by atoms with Crippen LogP contribution in [0, 0.1) is 6.92 Å². The molecule has 3 heteroatoms. The molecule has 0 fully saturated rings. The standard InChI is InChI=1S/C14H24N2S/c1-10(7-8-17-3)16-11(2)9-12-13(15)5-4-6-14(12)16/h9-10,13H,4-8,15H2,1-3H3. The lowest BCUT2D eigenvalue weighted by molar-refractivity contribution is 0.478. The molecule has 0 amide bonds. The minimum absolute atomic E-state index is 0.270. The Morgan fingerprint density at radius 2 is 2.35 bits per heavy atom. The highest BCUT2D eigenvalue weighted by Gasteiger charge is 2.23. The summed E-state index contributed by atoms with van der Waals surface area (Å²) in [5.74, 6) is 1.24. The second-order valence-electron chi connectivity index (χ2n) is 5.19. The van der Waals surface area contributed by atoms with Crippen molar-refractivity contribution in [3.8, 4) is 0 Å². The fourth-order valence-electron chi connectivity index (χ4n) is 2.99. The first-order valence-corrected chi connectivity index (χ1v) is 7.99. The number of aromatic nitrogens is 1. The van der Waals surface area contributed by atoms with Gasteiger partial charge in [-0.2, -0.15) is 11.8 Å². The van der Waals surface area contributed by atoms with E-state index in [-0.39, 0.29) is 6.04 Å². The second-order valence-corrected chi connectivity index (χ2v) is 6.17. The Balaban J connectivity index is 2.27. The van der Waals surface area contributed by atoms with Gasteiger partial charge in [0.25, 0.3) is 0 Å². The van der Waals surface area contributed by atoms with Crippen molar-refractivity contribution < 1.29 is 0 Å². The molecule has 0 spiro atoms. The molecule has 0 aliphatic heterocycles. The van der Waals surface area contributed by atoms with E-state index in [0.717, 1.165) is 6.42 Å². The molecule has 1 aliphatic rings. The van der Waals surface area contributed by atoms with Crippen LogP contribution in [-0.4, -0.2) is 16.6 Å². The van der Waals surface area contributed by atoms with Gasteiger partial charge < -0.3 is 10.3 Å². The Morgan fingerprint density at radius 1 is 1.59 bits per heavy atom. The van der Waals surface area contributed by atoms with E-state index in [9.17, 15) is 0 Å². The van der Waals surface area contributed by atoms with Gasteiger partial charge in [-0.05, 0) is 63.2 Å². The van der Waals surface area contributed by atoms with Crippen LogP contribution < -0.4 is 5.73 Å². The summed E-state index contributed by atoms with van der Waals surface area (Å²) in [4.78, 5) is 0. The van der Waals surface area contributed by atoms with E-state index in [1.807, 2.05) is 11.8 Å². The normalized spacial score (nSPS) is 21.3. The average Bonchev–Trinajstić information content (AvgIpc) is 2.64. The minimum Gasteiger partial charge on any atom is -0.346 e. The first-order valence-electron chi connectivity index (χ1n) is 6.60. The molecule has 17 heavy (non-hydrogen) atoms. The maximum atomic E-state index is 6.21. The van der Waals surface area contributed by atoms with Crippen molar-refractivity contribution in [2.45, 2.75) is 51.6 Å². The Kier molecular flexibility index (Phi) is 4.21. The number of nitrogens with zero attached hydrogens (tertiary/aromatic N) is 1. The second kappa shape index (κ2) is 5.49. The van der Waals surface area contributed by atoms with E-state index < -0.39 is 0 Å². The highest BCUT2D eigenvalue weighted by atomic mass is 32.2. The van der Waals surface area contributed by atoms with E-state index in [1.54, 1.807) is 0 Å². The van der Waals surface area contributed by atoms with Crippen LogP contribution in [0.1, 0.15) is 55.2 Å². The maximum Gasteiger partial charge on any atom is 0.0315 e. The molecule has 0 aromatic carbocycles. The van der Waals surface area contributed by atoms with Gasteiger partial charge in [0.1, 0.15) is 0 Å². The highest BCUT2D eigenvalue weighted by molar-refractivity contribution is 7.98. The third-order valence-electron chi connectivity index (χ3n) is 3.88. The number of rotatable bonds is 4. The van der Waals surface area contributed by atoms with Crippen molar-refractivity contribution in [1.82, 2.24) is 4.57 Å². The summed E-state index contributed by atoms with van der Waals surface area (Å²) in [6, 6.07) is 3.19. The third kappa shape index (κ3) is 2.55. The van der Waals surface area contributed by atoms with Gasteiger partial charge >= 0.3 is 0 Å². The van der Waals surface area contributed by atoms with Gasteiger partial charge in [-0.15, -0.1) is 0 Å². The zero-order valence-electron chi connectivity index (χ0n) is 11.2. The molecule has 96 valence electrons. The Labute approximate surface area is 109 Å². The number of thioether (sulfide) groups is 1. The predicted octanol–water partition coefficient (Wildman–Crippen LogP) is 3.45. The quantitative estimate of drug-likeness (QED) is 0.890. The SMILES string of the molecule is CSCCC(C)n1c(C)cc2c1CCCC2N. The topological polar surface area (TPSA) is 30.9 Å². The summed E-state index contributed by atoms with van der Waals surface area (Å²) in [7, 11) is 0. The third-order valence-corrected chi connectivity index (χ3v) is 4.52. The Hall–Kier alpha value is -0.410. The van der Waals surface area contributed by atoms with E-state index in [4.69, 9.17) is 5.73 Å². The first-order chi connectivity index (χ1) is 8.15. The van der Waals surface area contributed by atoms with E-state index >= 15 is 0 Å². The van der Waals surface area contributed by atoms with Gasteiger partial charge in [0.15, 0.2) is 0 Å². The highest BCUT2D eigenvalue weighted by Crippen LogP contribution is 2.33. The van der Waals surface area contributed by atoms with Crippen LogP contribution in [0.2, 0.25) is 0 Å². The lowest BCUT2D eigenvalue weighted by Gasteiger charge is -2.24. The van der Waals surface area contributed by atoms with Gasteiger partial charge in [-0.25, -0.2) is 0 Å². The van der Waals surface area contributed by atoms with Crippen molar-refractivity contribution >= 4 is 11.8 Å². The molecule has 1 heterocycles. The number of nitrogens with two attached hydrogens (primary N) is 1. The zero-order valence-corrected chi connectivity index (χ0v) is 12.0. The van der Waals surface area contributed by atoms with Crippen LogP contribution in [0.15, 0.2) is 6.07 Å². The molecule has 2 atom stereocenters. The summed E-state index contributed by atoms with van der Waals surface area (Å²) in [5, 5.41) is 0. The molecule has 1 aromatic rings. The van der Waals surface area contributed by atoms with Crippen LogP contribution in [-0.2, 0) is 6.42 Å². The summed E-state index contributed by atoms with van der Waals surface area (Å²) < 4.78 is 2.53. The van der Waals surface area contributed by atoms with Gasteiger partial charge in [0, 0.05) is 23.5 Å². The van der Waals surface area contributed by atoms with Crippen LogP contribution >= 0.6 is 11.8 Å². The van der Waals surface area contributed by atoms with Gasteiger partial charge in [-0.3, -0.25) is 0 Å². The largest absolute Gasteiger partial charge is 0.346 e. The van der Waals surface area contributed by atoms with E-state index in [2.05, 4.69) is 30.7 Å². The van der Waals surface area contributed by atoms with E-state index in [0.29, 0.717) is 6.04 Å². The molecule has 0 saturated heterocycles. The van der Waals surface area contributed by atoms with Crippen molar-refractivity contribution in [3.05, 3.63) is 23.0 Å². The molecule has 2 N–H and O–H groups in total. The molecule has 0 bridgehead atoms. The molecule has 2 nitrogen and oxygen atoms in total. The number of fused-ring (bicyclic) bond motifs is 1. The average molecular weight is 252 g/mol. The Bertz CT molecular complexity index is 384. The van der Waals surface area contributed by atoms with Crippen molar-refractivity contribution in [1.29, 1.82) is 0 Å². The minimum atomic E-state index is 0.270. The molecule has 2 unspecified atom stereocenters. The van der Waals surface area contributed by atoms with E-state index in [1.165, 1.54) is 42.0 Å². The monoisotopic (exact) mass is 252 g/mol. The predicted molar refractivity (Wildman–Crippen MR) is 76.7 cm³/mol. The lowest BCUT2D eigenvalue weighted by Crippen LogP contribution is -2.19. The molecule has 1 aromatic heterocycles. The van der Waals surface area contributed by atoms with Crippen LogP contribution in [0.25, 0.3) is 0 Å². The van der Waals surface area contributed by atoms with Gasteiger partial charge in [-0.1, -0.05) is 0 Å². The molecule has 0 radical (unpaired) electrons. The number of aryl methyl sites for hydroxylation is 1. The molecule has 1 aliphatic carbocycles. The fraction of sp³-hybridized carbons (Fsp3) is 0.714. The zero-order chi connectivity index (χ0) is 12.4. The smallest absolute Gasteiger partial charge is 0.0315 e. The van der Waals surface area contributed by atoms with Crippen LogP contribution in [0.4, 0.5) is 0 Å². The molecule has 2 rings (SSSR count). The lowest BCUT2D eigenvalue weighted by atomic mass is 9.93. The van der Waals surface area contributed by atoms with Crippen molar-refractivity contribution in [2.75, 3.05) is 12.0 Å². The van der Waals surface area contributed by atoms with Crippen molar-refractivity contribution in [2.24, 2.45) is 5.73 Å². The molecule has 0 saturated carbocycles. The number of hydrogen-bond donors (Lipinski definition) is 1. The van der Waals surface area contributed by atoms with Gasteiger partial charge in [0.05, 0.1) is 0 Å². The number of hydrogen-bond acceptors (Lipinski definition) is 2. The summed E-state index contributed by atoms with van der Waals surface area (Å²) in [6.07, 6.45) is 7.03. The first kappa shape index (κ1) is 13.0. The van der Waals surface area contributed by atoms with Crippen LogP contribution in [0.3, 0.4) is 0 Å². The van der Waals surface area contributed by atoms with Crippen molar-refractivity contribution in [3.63, 3.8) is 0 Å². The summed E-state index contributed by atoms with van der Waals surface area (Å²) in [5.41, 5.74) is 10.5. The summed E-state index contributed by atoms with van der Waals surface area (Å²) >= 11 is 1.93. The fourth-order valence-corrected chi connectivity index (χ4v) is 3.57. The Morgan fingerprint density at radius 3 is 3.06 bits per heavy atom. The molecular weight excluding hydrogens is 228 g/mol. The molecular formula is C14H24N2S. The maximum absolute atomic E-state index is 6.21.